The third-order valence-electron chi connectivity index (χ3n) is 3.50. The number of hydrogen-bond acceptors (Lipinski definition) is 3. The average molecular weight is 286 g/mol. The van der Waals surface area contributed by atoms with Crippen molar-refractivity contribution >= 4 is 10.0 Å². The van der Waals surface area contributed by atoms with E-state index in [1.54, 1.807) is 0 Å². The van der Waals surface area contributed by atoms with E-state index in [4.69, 9.17) is 0 Å². The Bertz CT molecular complexity index is 527. The van der Waals surface area contributed by atoms with Gasteiger partial charge in [-0.1, -0.05) is 12.1 Å². The van der Waals surface area contributed by atoms with Gasteiger partial charge >= 0.3 is 0 Å². The maximum Gasteiger partial charge on any atom is 0.245 e. The fourth-order valence-corrected chi connectivity index (χ4v) is 3.66. The lowest BCUT2D eigenvalue weighted by atomic mass is 9.98. The van der Waals surface area contributed by atoms with Crippen LogP contribution in [0.2, 0.25) is 0 Å². The molecule has 1 aromatic rings. The molecule has 0 spiro atoms. The second-order valence-electron chi connectivity index (χ2n) is 4.91. The van der Waals surface area contributed by atoms with Crippen molar-refractivity contribution in [3.8, 4) is 0 Å². The van der Waals surface area contributed by atoms with Crippen molar-refractivity contribution in [2.75, 3.05) is 26.7 Å². The van der Waals surface area contributed by atoms with Gasteiger partial charge in [-0.05, 0) is 44.0 Å². The third-order valence-corrected chi connectivity index (χ3v) is 5.36. The van der Waals surface area contributed by atoms with E-state index in [9.17, 15) is 12.8 Å². The van der Waals surface area contributed by atoms with E-state index in [0.29, 0.717) is 12.5 Å². The van der Waals surface area contributed by atoms with Crippen LogP contribution in [0.3, 0.4) is 0 Å². The second kappa shape index (κ2) is 5.98. The van der Waals surface area contributed by atoms with E-state index in [2.05, 4.69) is 5.32 Å². The number of nitrogens with zero attached hydrogens (tertiary/aromatic N) is 1. The van der Waals surface area contributed by atoms with Gasteiger partial charge in [0, 0.05) is 13.6 Å². The van der Waals surface area contributed by atoms with Crippen LogP contribution in [0.4, 0.5) is 4.39 Å². The first-order valence-corrected chi connectivity index (χ1v) is 7.87. The van der Waals surface area contributed by atoms with Crippen LogP contribution >= 0.6 is 0 Å². The maximum absolute atomic E-state index is 13.6. The summed E-state index contributed by atoms with van der Waals surface area (Å²) < 4.78 is 39.5. The summed E-state index contributed by atoms with van der Waals surface area (Å²) in [4.78, 5) is -0.244. The number of sulfonamides is 1. The van der Waals surface area contributed by atoms with Crippen molar-refractivity contribution in [2.24, 2.45) is 5.92 Å². The van der Waals surface area contributed by atoms with Crippen LogP contribution in [-0.4, -0.2) is 39.4 Å². The van der Waals surface area contributed by atoms with Crippen molar-refractivity contribution in [1.82, 2.24) is 9.62 Å². The Morgan fingerprint density at radius 3 is 2.58 bits per heavy atom. The molecule has 1 saturated heterocycles. The average Bonchev–Trinajstić information content (AvgIpc) is 2.40. The van der Waals surface area contributed by atoms with Crippen LogP contribution in [0.1, 0.15) is 12.8 Å². The largest absolute Gasteiger partial charge is 0.317 e. The first-order chi connectivity index (χ1) is 9.01. The molecule has 1 heterocycles. The minimum atomic E-state index is -3.73. The number of halogens is 1. The highest BCUT2D eigenvalue weighted by Crippen LogP contribution is 2.21. The number of rotatable bonds is 4. The molecule has 2 rings (SSSR count). The first-order valence-electron chi connectivity index (χ1n) is 6.43. The van der Waals surface area contributed by atoms with Gasteiger partial charge < -0.3 is 5.32 Å². The summed E-state index contributed by atoms with van der Waals surface area (Å²) in [6.45, 7) is 2.27. The molecule has 106 valence electrons. The highest BCUT2D eigenvalue weighted by atomic mass is 32.2. The van der Waals surface area contributed by atoms with Gasteiger partial charge in [-0.25, -0.2) is 17.1 Å². The van der Waals surface area contributed by atoms with Gasteiger partial charge in [0.2, 0.25) is 10.0 Å². The molecule has 0 unspecified atom stereocenters. The highest BCUT2D eigenvalue weighted by molar-refractivity contribution is 7.89. The number of nitrogens with one attached hydrogen (secondary N) is 1. The molecule has 1 N–H and O–H groups in total. The molecule has 1 aliphatic heterocycles. The SMILES string of the molecule is CN(CC1CCNCC1)S(=O)(=O)c1ccccc1F. The Hall–Kier alpha value is -0.980. The summed E-state index contributed by atoms with van der Waals surface area (Å²) in [6, 6.07) is 5.50. The van der Waals surface area contributed by atoms with Gasteiger partial charge in [0.05, 0.1) is 0 Å². The first kappa shape index (κ1) is 14.4. The quantitative estimate of drug-likeness (QED) is 0.911. The molecular formula is C13H19FN2O2S. The lowest BCUT2D eigenvalue weighted by Gasteiger charge is -2.27. The summed E-state index contributed by atoms with van der Waals surface area (Å²) >= 11 is 0. The number of hydrogen-bond donors (Lipinski definition) is 1. The summed E-state index contributed by atoms with van der Waals surface area (Å²) in [5.41, 5.74) is 0. The zero-order valence-corrected chi connectivity index (χ0v) is 11.8. The Morgan fingerprint density at radius 1 is 1.32 bits per heavy atom. The van der Waals surface area contributed by atoms with Crippen LogP contribution in [-0.2, 0) is 10.0 Å². The minimum absolute atomic E-state index is 0.244. The smallest absolute Gasteiger partial charge is 0.245 e. The van der Waals surface area contributed by atoms with E-state index in [1.807, 2.05) is 0 Å². The molecule has 4 nitrogen and oxygen atoms in total. The standard InChI is InChI=1S/C13H19FN2O2S/c1-16(10-11-6-8-15-9-7-11)19(17,18)13-5-3-2-4-12(13)14/h2-5,11,15H,6-10H2,1H3. The van der Waals surface area contributed by atoms with E-state index in [-0.39, 0.29) is 4.90 Å². The Kier molecular flexibility index (Phi) is 4.54. The third kappa shape index (κ3) is 3.32. The predicted molar refractivity (Wildman–Crippen MR) is 71.8 cm³/mol. The Labute approximate surface area is 113 Å². The molecule has 6 heteroatoms. The molecule has 0 amide bonds. The highest BCUT2D eigenvalue weighted by Gasteiger charge is 2.26. The molecule has 0 aromatic heterocycles. The summed E-state index contributed by atoms with van der Waals surface area (Å²) in [5.74, 6) is -0.354. The predicted octanol–water partition coefficient (Wildman–Crippen LogP) is 1.45. The van der Waals surface area contributed by atoms with E-state index in [0.717, 1.165) is 25.9 Å². The normalized spacial score (nSPS) is 17.8. The van der Waals surface area contributed by atoms with Gasteiger partial charge in [-0.15, -0.1) is 0 Å². The zero-order chi connectivity index (χ0) is 13.9. The van der Waals surface area contributed by atoms with Gasteiger partial charge in [0.15, 0.2) is 0 Å². The molecular weight excluding hydrogens is 267 g/mol. The van der Waals surface area contributed by atoms with Crippen LogP contribution in [0.15, 0.2) is 29.2 Å². The molecule has 1 aromatic carbocycles. The molecule has 1 aliphatic rings. The Balaban J connectivity index is 2.13. The lowest BCUT2D eigenvalue weighted by Crippen LogP contribution is -2.37. The van der Waals surface area contributed by atoms with E-state index < -0.39 is 15.8 Å². The monoisotopic (exact) mass is 286 g/mol. The van der Waals surface area contributed by atoms with Crippen molar-refractivity contribution in [3.63, 3.8) is 0 Å². The van der Waals surface area contributed by atoms with Crippen LogP contribution < -0.4 is 5.32 Å². The van der Waals surface area contributed by atoms with Gasteiger partial charge in [-0.3, -0.25) is 0 Å². The number of piperidine rings is 1. The van der Waals surface area contributed by atoms with E-state index >= 15 is 0 Å². The summed E-state index contributed by atoms with van der Waals surface area (Å²) in [6.07, 6.45) is 1.91. The Morgan fingerprint density at radius 2 is 1.95 bits per heavy atom. The maximum atomic E-state index is 13.6. The number of benzene rings is 1. The topological polar surface area (TPSA) is 49.4 Å². The van der Waals surface area contributed by atoms with Crippen LogP contribution in [0.25, 0.3) is 0 Å². The molecule has 1 fully saturated rings. The summed E-state index contributed by atoms with van der Waals surface area (Å²) in [5, 5.41) is 3.24. The minimum Gasteiger partial charge on any atom is -0.317 e. The molecule has 0 atom stereocenters. The zero-order valence-electron chi connectivity index (χ0n) is 11.0. The molecule has 0 radical (unpaired) electrons. The van der Waals surface area contributed by atoms with E-state index in [1.165, 1.54) is 35.6 Å². The van der Waals surface area contributed by atoms with Crippen molar-refractivity contribution in [1.29, 1.82) is 0 Å². The van der Waals surface area contributed by atoms with Crippen molar-refractivity contribution < 1.29 is 12.8 Å². The van der Waals surface area contributed by atoms with Gasteiger partial charge in [0.25, 0.3) is 0 Å². The fraction of sp³-hybridized carbons (Fsp3) is 0.538. The summed E-state index contributed by atoms with van der Waals surface area (Å²) in [7, 11) is -2.21. The van der Waals surface area contributed by atoms with Crippen LogP contribution in [0, 0.1) is 11.7 Å². The van der Waals surface area contributed by atoms with Crippen LogP contribution in [0.5, 0.6) is 0 Å². The second-order valence-corrected chi connectivity index (χ2v) is 6.92. The molecule has 0 bridgehead atoms. The molecule has 0 saturated carbocycles. The van der Waals surface area contributed by atoms with Gasteiger partial charge in [-0.2, -0.15) is 0 Å². The van der Waals surface area contributed by atoms with Gasteiger partial charge in [0.1, 0.15) is 10.7 Å². The van der Waals surface area contributed by atoms with Crippen molar-refractivity contribution in [3.05, 3.63) is 30.1 Å². The molecule has 0 aliphatic carbocycles. The fourth-order valence-electron chi connectivity index (χ4n) is 2.35. The molecule has 19 heavy (non-hydrogen) atoms. The lowest BCUT2D eigenvalue weighted by molar-refractivity contribution is 0.310. The van der Waals surface area contributed by atoms with Crippen molar-refractivity contribution in [2.45, 2.75) is 17.7 Å².